The first-order chi connectivity index (χ1) is 12.3. The van der Waals surface area contributed by atoms with Gasteiger partial charge in [0, 0.05) is 31.8 Å². The van der Waals surface area contributed by atoms with Crippen LogP contribution in [0, 0.1) is 0 Å². The first-order valence-corrected chi connectivity index (χ1v) is 9.24. The number of benzene rings is 2. The van der Waals surface area contributed by atoms with E-state index in [2.05, 4.69) is 29.2 Å². The monoisotopic (exact) mass is 337 g/mol. The van der Waals surface area contributed by atoms with Gasteiger partial charge >= 0.3 is 0 Å². The zero-order chi connectivity index (χ0) is 17.3. The molecule has 0 aromatic heterocycles. The Hall–Kier alpha value is -1.97. The number of Topliss-reactive ketones (excluding diaryl/α,β-unsaturated/α-hetero) is 1. The van der Waals surface area contributed by atoms with Gasteiger partial charge in [0.25, 0.3) is 0 Å². The lowest BCUT2D eigenvalue weighted by Gasteiger charge is -2.26. The highest BCUT2D eigenvalue weighted by atomic mass is 16.5. The molecular formula is C22H27NO2. The molecule has 2 aromatic carbocycles. The van der Waals surface area contributed by atoms with E-state index in [0.717, 1.165) is 39.3 Å². The second-order valence-corrected chi connectivity index (χ2v) is 6.67. The molecular weight excluding hydrogens is 310 g/mol. The molecule has 3 nitrogen and oxygen atoms in total. The van der Waals surface area contributed by atoms with Gasteiger partial charge < -0.3 is 4.74 Å². The highest BCUT2D eigenvalue weighted by Crippen LogP contribution is 2.28. The maximum absolute atomic E-state index is 12.6. The highest BCUT2D eigenvalue weighted by Gasteiger charge is 2.18. The summed E-state index contributed by atoms with van der Waals surface area (Å²) in [6, 6.07) is 20.7. The molecule has 132 valence electrons. The minimum Gasteiger partial charge on any atom is -0.379 e. The molecule has 0 aliphatic carbocycles. The van der Waals surface area contributed by atoms with Crippen molar-refractivity contribution in [3.05, 3.63) is 71.8 Å². The maximum Gasteiger partial charge on any atom is 0.133 e. The SMILES string of the molecule is O=C(CCCN1CCOCC1)CC(c1ccccc1)c1ccccc1. The molecule has 1 heterocycles. The fourth-order valence-corrected chi connectivity index (χ4v) is 3.45. The topological polar surface area (TPSA) is 29.5 Å². The summed E-state index contributed by atoms with van der Waals surface area (Å²) < 4.78 is 5.37. The van der Waals surface area contributed by atoms with Crippen LogP contribution in [0.2, 0.25) is 0 Å². The van der Waals surface area contributed by atoms with Crippen LogP contribution in [0.5, 0.6) is 0 Å². The predicted molar refractivity (Wildman–Crippen MR) is 101 cm³/mol. The Morgan fingerprint density at radius 2 is 1.48 bits per heavy atom. The van der Waals surface area contributed by atoms with E-state index < -0.39 is 0 Å². The molecule has 0 radical (unpaired) electrons. The van der Waals surface area contributed by atoms with Crippen LogP contribution in [0.3, 0.4) is 0 Å². The van der Waals surface area contributed by atoms with Gasteiger partial charge in [0.15, 0.2) is 0 Å². The minimum absolute atomic E-state index is 0.151. The van der Waals surface area contributed by atoms with Gasteiger partial charge in [-0.25, -0.2) is 0 Å². The standard InChI is InChI=1S/C22H27NO2/c24-21(12-7-13-23-14-16-25-17-15-23)18-22(19-8-3-1-4-9-19)20-10-5-2-6-11-20/h1-6,8-11,22H,7,12-18H2. The van der Waals surface area contributed by atoms with E-state index in [4.69, 9.17) is 4.74 Å². The third-order valence-corrected chi connectivity index (χ3v) is 4.87. The van der Waals surface area contributed by atoms with Crippen LogP contribution in [0.15, 0.2) is 60.7 Å². The number of rotatable bonds is 8. The second kappa shape index (κ2) is 9.50. The zero-order valence-corrected chi connectivity index (χ0v) is 14.8. The molecule has 0 unspecified atom stereocenters. The predicted octanol–water partition coefficient (Wildman–Crippen LogP) is 3.89. The first-order valence-electron chi connectivity index (χ1n) is 9.24. The molecule has 1 aliphatic heterocycles. The van der Waals surface area contributed by atoms with Gasteiger partial charge in [-0.05, 0) is 24.1 Å². The molecule has 1 aliphatic rings. The van der Waals surface area contributed by atoms with E-state index >= 15 is 0 Å². The quantitative estimate of drug-likeness (QED) is 0.732. The molecule has 0 bridgehead atoms. The van der Waals surface area contributed by atoms with Crippen molar-refractivity contribution in [1.82, 2.24) is 4.90 Å². The molecule has 1 saturated heterocycles. The molecule has 25 heavy (non-hydrogen) atoms. The van der Waals surface area contributed by atoms with Crippen molar-refractivity contribution in [2.24, 2.45) is 0 Å². The summed E-state index contributed by atoms with van der Waals surface area (Å²) in [7, 11) is 0. The molecule has 3 heteroatoms. The molecule has 3 rings (SSSR count). The van der Waals surface area contributed by atoms with E-state index in [9.17, 15) is 4.79 Å². The minimum atomic E-state index is 0.151. The van der Waals surface area contributed by atoms with Gasteiger partial charge in [0.1, 0.15) is 5.78 Å². The zero-order valence-electron chi connectivity index (χ0n) is 14.8. The van der Waals surface area contributed by atoms with Gasteiger partial charge in [0.05, 0.1) is 13.2 Å². The van der Waals surface area contributed by atoms with Gasteiger partial charge in [-0.1, -0.05) is 60.7 Å². The Morgan fingerprint density at radius 3 is 2.04 bits per heavy atom. The number of carbonyl (C=O) groups excluding carboxylic acids is 1. The lowest BCUT2D eigenvalue weighted by atomic mass is 9.86. The summed E-state index contributed by atoms with van der Waals surface area (Å²) in [5, 5.41) is 0. The van der Waals surface area contributed by atoms with Crippen molar-refractivity contribution in [3.63, 3.8) is 0 Å². The van der Waals surface area contributed by atoms with E-state index in [-0.39, 0.29) is 5.92 Å². The maximum atomic E-state index is 12.6. The van der Waals surface area contributed by atoms with Crippen LogP contribution >= 0.6 is 0 Å². The van der Waals surface area contributed by atoms with Crippen molar-refractivity contribution in [2.75, 3.05) is 32.8 Å². The summed E-state index contributed by atoms with van der Waals surface area (Å²) in [4.78, 5) is 15.0. The molecule has 2 aromatic rings. The number of hydrogen-bond donors (Lipinski definition) is 0. The highest BCUT2D eigenvalue weighted by molar-refractivity contribution is 5.79. The molecule has 0 spiro atoms. The molecule has 0 amide bonds. The Bertz CT molecular complexity index is 596. The van der Waals surface area contributed by atoms with E-state index in [0.29, 0.717) is 18.6 Å². The molecule has 0 saturated carbocycles. The van der Waals surface area contributed by atoms with Crippen molar-refractivity contribution < 1.29 is 9.53 Å². The van der Waals surface area contributed by atoms with E-state index in [1.165, 1.54) is 11.1 Å². The van der Waals surface area contributed by atoms with E-state index in [1.54, 1.807) is 0 Å². The summed E-state index contributed by atoms with van der Waals surface area (Å²) >= 11 is 0. The summed E-state index contributed by atoms with van der Waals surface area (Å²) in [6.45, 7) is 4.61. The van der Waals surface area contributed by atoms with Crippen molar-refractivity contribution in [1.29, 1.82) is 0 Å². The van der Waals surface area contributed by atoms with Gasteiger partial charge in [-0.15, -0.1) is 0 Å². The number of nitrogens with zero attached hydrogens (tertiary/aromatic N) is 1. The lowest BCUT2D eigenvalue weighted by molar-refractivity contribution is -0.119. The number of morpholine rings is 1. The fourth-order valence-electron chi connectivity index (χ4n) is 3.45. The molecule has 0 N–H and O–H groups in total. The van der Waals surface area contributed by atoms with Crippen molar-refractivity contribution >= 4 is 5.78 Å². The lowest BCUT2D eigenvalue weighted by Crippen LogP contribution is -2.36. The van der Waals surface area contributed by atoms with Gasteiger partial charge in [-0.2, -0.15) is 0 Å². The average molecular weight is 337 g/mol. The molecule has 0 atom stereocenters. The Kier molecular flexibility index (Phi) is 6.78. The van der Waals surface area contributed by atoms with Crippen LogP contribution < -0.4 is 0 Å². The van der Waals surface area contributed by atoms with Crippen LogP contribution in [0.25, 0.3) is 0 Å². The van der Waals surface area contributed by atoms with Crippen LogP contribution in [-0.4, -0.2) is 43.5 Å². The number of carbonyl (C=O) groups is 1. The number of hydrogen-bond acceptors (Lipinski definition) is 3. The van der Waals surface area contributed by atoms with Crippen molar-refractivity contribution in [2.45, 2.75) is 25.2 Å². The third-order valence-electron chi connectivity index (χ3n) is 4.87. The normalized spacial score (nSPS) is 15.4. The van der Waals surface area contributed by atoms with Gasteiger partial charge in [0.2, 0.25) is 0 Å². The Balaban J connectivity index is 1.57. The largest absolute Gasteiger partial charge is 0.379 e. The van der Waals surface area contributed by atoms with E-state index in [1.807, 2.05) is 36.4 Å². The number of ether oxygens (including phenoxy) is 1. The Labute approximate surface area is 150 Å². The average Bonchev–Trinajstić information content (AvgIpc) is 2.68. The molecule has 1 fully saturated rings. The second-order valence-electron chi connectivity index (χ2n) is 6.67. The summed E-state index contributed by atoms with van der Waals surface area (Å²) in [5.74, 6) is 0.504. The van der Waals surface area contributed by atoms with Crippen molar-refractivity contribution in [3.8, 4) is 0 Å². The number of ketones is 1. The van der Waals surface area contributed by atoms with Crippen LogP contribution in [0.1, 0.15) is 36.3 Å². The third kappa shape index (κ3) is 5.52. The van der Waals surface area contributed by atoms with Crippen LogP contribution in [-0.2, 0) is 9.53 Å². The summed E-state index contributed by atoms with van der Waals surface area (Å²) in [6.07, 6.45) is 2.18. The Morgan fingerprint density at radius 1 is 0.920 bits per heavy atom. The smallest absolute Gasteiger partial charge is 0.133 e. The summed E-state index contributed by atoms with van der Waals surface area (Å²) in [5.41, 5.74) is 2.44. The van der Waals surface area contributed by atoms with Gasteiger partial charge in [-0.3, -0.25) is 9.69 Å². The first kappa shape index (κ1) is 17.8. The van der Waals surface area contributed by atoms with Crippen LogP contribution in [0.4, 0.5) is 0 Å². The fraction of sp³-hybridized carbons (Fsp3) is 0.409.